The van der Waals surface area contributed by atoms with Gasteiger partial charge in [-0.15, -0.1) is 0 Å². The lowest BCUT2D eigenvalue weighted by Crippen LogP contribution is -2.51. The molecule has 0 bridgehead atoms. The Morgan fingerprint density at radius 2 is 1.97 bits per heavy atom. The summed E-state index contributed by atoms with van der Waals surface area (Å²) in [4.78, 5) is 24.8. The molecule has 1 amide bonds. The fourth-order valence-electron chi connectivity index (χ4n) is 5.23. The molecule has 35 heavy (non-hydrogen) atoms. The lowest BCUT2D eigenvalue weighted by Gasteiger charge is -2.42. The summed E-state index contributed by atoms with van der Waals surface area (Å²) >= 11 is 0. The van der Waals surface area contributed by atoms with Crippen LogP contribution in [0.25, 0.3) is 11.1 Å². The van der Waals surface area contributed by atoms with E-state index in [1.54, 1.807) is 11.0 Å². The van der Waals surface area contributed by atoms with Gasteiger partial charge in [-0.05, 0) is 64.5 Å². The van der Waals surface area contributed by atoms with Crippen LogP contribution in [0.1, 0.15) is 44.3 Å². The molecule has 1 saturated heterocycles. The van der Waals surface area contributed by atoms with Crippen LogP contribution in [0, 0.1) is 13.8 Å². The first kappa shape index (κ1) is 23.3. The molecule has 2 aromatic rings. The van der Waals surface area contributed by atoms with Crippen molar-refractivity contribution < 1.29 is 4.79 Å². The van der Waals surface area contributed by atoms with Crippen LogP contribution in [-0.4, -0.2) is 67.4 Å². The van der Waals surface area contributed by atoms with Gasteiger partial charge in [0.15, 0.2) is 0 Å². The monoisotopic (exact) mass is 470 g/mol. The van der Waals surface area contributed by atoms with Gasteiger partial charge in [0.25, 0.3) is 5.91 Å². The van der Waals surface area contributed by atoms with Gasteiger partial charge >= 0.3 is 0 Å². The number of carbonyl (C=O) groups excluding carboxylic acids is 1. The summed E-state index contributed by atoms with van der Waals surface area (Å²) in [5, 5.41) is 4.73. The van der Waals surface area contributed by atoms with Crippen molar-refractivity contribution in [2.75, 3.05) is 26.2 Å². The van der Waals surface area contributed by atoms with Crippen molar-refractivity contribution in [2.24, 2.45) is 0 Å². The maximum absolute atomic E-state index is 13.5. The molecular weight excluding hydrogens is 436 g/mol. The van der Waals surface area contributed by atoms with E-state index in [1.807, 2.05) is 55.1 Å². The molecule has 0 aromatic carbocycles. The summed E-state index contributed by atoms with van der Waals surface area (Å²) in [6.07, 6.45) is 15.0. The van der Waals surface area contributed by atoms with Crippen LogP contribution in [0.2, 0.25) is 0 Å². The van der Waals surface area contributed by atoms with E-state index in [9.17, 15) is 4.79 Å². The first-order valence-corrected chi connectivity index (χ1v) is 12.5. The molecule has 0 unspecified atom stereocenters. The number of rotatable bonds is 4. The van der Waals surface area contributed by atoms with Crippen LogP contribution in [0.15, 0.2) is 65.8 Å². The zero-order valence-corrected chi connectivity index (χ0v) is 21.3. The smallest absolute Gasteiger partial charge is 0.255 e. The molecule has 0 saturated carbocycles. The van der Waals surface area contributed by atoms with E-state index in [4.69, 9.17) is 5.10 Å². The van der Waals surface area contributed by atoms with Crippen molar-refractivity contribution in [1.29, 1.82) is 0 Å². The Balaban J connectivity index is 1.45. The zero-order valence-electron chi connectivity index (χ0n) is 21.3. The van der Waals surface area contributed by atoms with Crippen molar-refractivity contribution in [3.63, 3.8) is 0 Å². The van der Waals surface area contributed by atoms with E-state index in [0.717, 1.165) is 71.3 Å². The van der Waals surface area contributed by atoms with Crippen LogP contribution >= 0.6 is 0 Å². The predicted octanol–water partition coefficient (Wildman–Crippen LogP) is 4.23. The first-order valence-electron chi connectivity index (χ1n) is 12.5. The number of hydrogen-bond donors (Lipinski definition) is 0. The Bertz CT molecular complexity index is 1320. The zero-order chi connectivity index (χ0) is 24.7. The number of carbonyl (C=O) groups is 1. The Morgan fingerprint density at radius 1 is 1.14 bits per heavy atom. The van der Waals surface area contributed by atoms with Gasteiger partial charge in [0.05, 0.1) is 40.2 Å². The van der Waals surface area contributed by atoms with Gasteiger partial charge < -0.3 is 4.90 Å². The van der Waals surface area contributed by atoms with E-state index >= 15 is 0 Å². The van der Waals surface area contributed by atoms with Crippen molar-refractivity contribution in [3.8, 4) is 0 Å². The third-order valence-electron chi connectivity index (χ3n) is 7.03. The van der Waals surface area contributed by atoms with Crippen LogP contribution in [0.3, 0.4) is 0 Å². The molecule has 1 atom stereocenters. The SMILES string of the molecule is CCCN1CCN(C2=CN3C(=O)/C=C(c4cc5c(C)nc(C)cn5n4)\C=C\C=C3C(C)=C2)C[C@H]1C. The Kier molecular flexibility index (Phi) is 6.19. The highest BCUT2D eigenvalue weighted by Gasteiger charge is 2.28. The van der Waals surface area contributed by atoms with Crippen LogP contribution < -0.4 is 0 Å². The summed E-state index contributed by atoms with van der Waals surface area (Å²) in [7, 11) is 0. The third kappa shape index (κ3) is 4.48. The van der Waals surface area contributed by atoms with Gasteiger partial charge in [0.1, 0.15) is 0 Å². The molecule has 5 heterocycles. The normalized spacial score (nSPS) is 23.7. The fourth-order valence-corrected chi connectivity index (χ4v) is 5.23. The van der Waals surface area contributed by atoms with E-state index in [-0.39, 0.29) is 5.91 Å². The molecule has 7 heteroatoms. The molecule has 1 fully saturated rings. The molecule has 5 rings (SSSR count). The van der Waals surface area contributed by atoms with Crippen molar-refractivity contribution in [3.05, 3.63) is 82.9 Å². The van der Waals surface area contributed by atoms with E-state index in [0.29, 0.717) is 6.04 Å². The second-order valence-electron chi connectivity index (χ2n) is 9.76. The molecule has 0 radical (unpaired) electrons. The lowest BCUT2D eigenvalue weighted by atomic mass is 10.0. The minimum atomic E-state index is -0.0682. The Morgan fingerprint density at radius 3 is 2.74 bits per heavy atom. The summed E-state index contributed by atoms with van der Waals surface area (Å²) < 4.78 is 1.84. The van der Waals surface area contributed by atoms with E-state index in [1.165, 1.54) is 6.42 Å². The molecule has 7 nitrogen and oxygen atoms in total. The third-order valence-corrected chi connectivity index (χ3v) is 7.03. The van der Waals surface area contributed by atoms with Gasteiger partial charge in [-0.25, -0.2) is 4.52 Å². The molecule has 0 spiro atoms. The lowest BCUT2D eigenvalue weighted by molar-refractivity contribution is -0.122. The predicted molar refractivity (Wildman–Crippen MR) is 139 cm³/mol. The number of piperazine rings is 1. The molecule has 0 N–H and O–H groups in total. The second kappa shape index (κ2) is 9.30. The maximum atomic E-state index is 13.5. The highest BCUT2D eigenvalue weighted by atomic mass is 16.2. The standard InChI is InChI=1S/C28H34N6O/c1-6-10-31-11-12-32(17-21(31)4)24-13-19(2)26-9-7-8-23(14-28(35)33(26)18-24)25-15-27-22(5)29-20(3)16-34(27)30-25/h7-9,13-16,18,21H,6,10-12,17H2,1-5H3/b8-7+,23-14+,26-9?/t21-/m1/s1. The van der Waals surface area contributed by atoms with Crippen molar-refractivity contribution >= 4 is 17.0 Å². The van der Waals surface area contributed by atoms with Crippen LogP contribution in [0.5, 0.6) is 0 Å². The molecule has 3 aliphatic rings. The van der Waals surface area contributed by atoms with E-state index in [2.05, 4.69) is 41.6 Å². The summed E-state index contributed by atoms with van der Waals surface area (Å²) in [5.74, 6) is -0.0682. The molecule has 2 aromatic heterocycles. The van der Waals surface area contributed by atoms with Gasteiger partial charge in [0, 0.05) is 43.5 Å². The van der Waals surface area contributed by atoms with Gasteiger partial charge in [0.2, 0.25) is 0 Å². The van der Waals surface area contributed by atoms with Crippen molar-refractivity contribution in [1.82, 2.24) is 29.3 Å². The highest BCUT2D eigenvalue weighted by Crippen LogP contribution is 2.30. The average molecular weight is 471 g/mol. The first-order chi connectivity index (χ1) is 16.8. The van der Waals surface area contributed by atoms with Crippen LogP contribution in [-0.2, 0) is 4.79 Å². The molecular formula is C28H34N6O. The number of fused-ring (bicyclic) bond motifs is 2. The minimum absolute atomic E-state index is 0.0682. The van der Waals surface area contributed by atoms with Gasteiger partial charge in [-0.3, -0.25) is 19.6 Å². The van der Waals surface area contributed by atoms with Gasteiger partial charge in [-0.2, -0.15) is 5.10 Å². The molecule has 182 valence electrons. The Hall–Kier alpha value is -3.45. The quantitative estimate of drug-likeness (QED) is 0.669. The maximum Gasteiger partial charge on any atom is 0.255 e. The van der Waals surface area contributed by atoms with E-state index < -0.39 is 0 Å². The topological polar surface area (TPSA) is 57.0 Å². The Labute approximate surface area is 207 Å². The summed E-state index contributed by atoms with van der Waals surface area (Å²) in [5.41, 5.74) is 7.42. The average Bonchev–Trinajstić information content (AvgIpc) is 3.23. The van der Waals surface area contributed by atoms with Gasteiger partial charge in [-0.1, -0.05) is 19.1 Å². The summed E-state index contributed by atoms with van der Waals surface area (Å²) in [6, 6.07) is 2.49. The fraction of sp³-hybridized carbons (Fsp3) is 0.393. The largest absolute Gasteiger partial charge is 0.367 e. The highest BCUT2D eigenvalue weighted by molar-refractivity contribution is 5.99. The number of amides is 1. The number of nitrogens with zero attached hydrogens (tertiary/aromatic N) is 6. The number of allylic oxidation sites excluding steroid dienone is 6. The number of hydrogen-bond acceptors (Lipinski definition) is 5. The molecule has 0 aliphatic carbocycles. The molecule has 3 aliphatic heterocycles. The van der Waals surface area contributed by atoms with Crippen LogP contribution in [0.4, 0.5) is 0 Å². The minimum Gasteiger partial charge on any atom is -0.367 e. The second-order valence-corrected chi connectivity index (χ2v) is 9.76. The summed E-state index contributed by atoms with van der Waals surface area (Å²) in [6.45, 7) is 14.7. The number of aromatic nitrogens is 3. The van der Waals surface area contributed by atoms with Crippen molar-refractivity contribution in [2.45, 2.75) is 47.1 Å². The number of aryl methyl sites for hydroxylation is 2.